The van der Waals surface area contributed by atoms with E-state index in [1.165, 1.54) is 0 Å². The molecule has 0 aliphatic heterocycles. The number of halogens is 1. The molecule has 1 aromatic rings. The number of alkyl halides is 1. The normalized spacial score (nSPS) is 11.4. The van der Waals surface area contributed by atoms with E-state index >= 15 is 0 Å². The van der Waals surface area contributed by atoms with Crippen LogP contribution in [-0.4, -0.2) is 25.0 Å². The van der Waals surface area contributed by atoms with Crippen molar-refractivity contribution in [3.05, 3.63) is 23.4 Å². The van der Waals surface area contributed by atoms with E-state index in [1.54, 1.807) is 6.07 Å². The molecule has 0 saturated carbocycles. The second-order valence-electron chi connectivity index (χ2n) is 3.63. The van der Waals surface area contributed by atoms with Gasteiger partial charge in [0, 0.05) is 11.6 Å². The largest absolute Gasteiger partial charge is 0.267 e. The highest BCUT2D eigenvalue weighted by Crippen LogP contribution is 2.11. The Kier molecular flexibility index (Phi) is 4.56. The minimum atomic E-state index is -3.33. The van der Waals surface area contributed by atoms with Crippen LogP contribution in [0.2, 0.25) is 0 Å². The molecule has 90 valence electrons. The number of aryl methyl sites for hydroxylation is 2. The average Bonchev–Trinajstić information content (AvgIpc) is 2.12. The van der Waals surface area contributed by atoms with Gasteiger partial charge in [-0.25, -0.2) is 13.4 Å². The third kappa shape index (κ3) is 4.37. The maximum atomic E-state index is 11.6. The van der Waals surface area contributed by atoms with Gasteiger partial charge in [0.1, 0.15) is 5.82 Å². The number of sulfonamides is 1. The fraction of sp³-hybridized carbons (Fsp3) is 0.500. The molecule has 0 aromatic carbocycles. The van der Waals surface area contributed by atoms with E-state index in [-0.39, 0.29) is 5.75 Å². The molecule has 0 aliphatic carbocycles. The van der Waals surface area contributed by atoms with Gasteiger partial charge in [-0.2, -0.15) is 0 Å². The summed E-state index contributed by atoms with van der Waals surface area (Å²) in [5.74, 6) is 0.721. The first kappa shape index (κ1) is 13.3. The van der Waals surface area contributed by atoms with Crippen LogP contribution in [0.1, 0.15) is 17.7 Å². The van der Waals surface area contributed by atoms with Crippen LogP contribution in [0, 0.1) is 13.8 Å². The van der Waals surface area contributed by atoms with Gasteiger partial charge in [-0.3, -0.25) is 4.72 Å². The molecule has 0 unspecified atom stereocenters. The van der Waals surface area contributed by atoms with Gasteiger partial charge in [-0.1, -0.05) is 0 Å². The van der Waals surface area contributed by atoms with Crippen LogP contribution in [-0.2, 0) is 10.0 Å². The number of aromatic nitrogens is 1. The summed E-state index contributed by atoms with van der Waals surface area (Å²) in [6, 6.07) is 3.59. The molecule has 1 rings (SSSR count). The van der Waals surface area contributed by atoms with Crippen LogP contribution >= 0.6 is 11.6 Å². The zero-order chi connectivity index (χ0) is 12.2. The standard InChI is InChI=1S/C10H15ClN2O2S/c1-8-6-9(2)12-10(7-8)13-16(14,15)5-3-4-11/h6-7H,3-5H2,1-2H3,(H,12,13). The van der Waals surface area contributed by atoms with Crippen molar-refractivity contribution in [3.63, 3.8) is 0 Å². The van der Waals surface area contributed by atoms with Crippen molar-refractivity contribution in [2.24, 2.45) is 0 Å². The lowest BCUT2D eigenvalue weighted by Gasteiger charge is -2.07. The van der Waals surface area contributed by atoms with Crippen molar-refractivity contribution >= 4 is 27.4 Å². The Morgan fingerprint density at radius 1 is 1.38 bits per heavy atom. The Bertz CT molecular complexity index is 440. The smallest absolute Gasteiger partial charge is 0.233 e. The summed E-state index contributed by atoms with van der Waals surface area (Å²) in [4.78, 5) is 4.10. The fourth-order valence-corrected chi connectivity index (χ4v) is 2.69. The minimum absolute atomic E-state index is 0.0190. The Balaban J connectivity index is 2.80. The van der Waals surface area contributed by atoms with E-state index in [0.717, 1.165) is 11.3 Å². The summed E-state index contributed by atoms with van der Waals surface area (Å²) in [7, 11) is -3.33. The number of nitrogens with zero attached hydrogens (tertiary/aromatic N) is 1. The third-order valence-corrected chi connectivity index (χ3v) is 3.52. The fourth-order valence-electron chi connectivity index (χ4n) is 1.35. The van der Waals surface area contributed by atoms with Crippen molar-refractivity contribution in [1.82, 2.24) is 4.98 Å². The minimum Gasteiger partial charge on any atom is -0.267 e. The van der Waals surface area contributed by atoms with E-state index < -0.39 is 10.0 Å². The zero-order valence-electron chi connectivity index (χ0n) is 9.33. The maximum Gasteiger partial charge on any atom is 0.233 e. The van der Waals surface area contributed by atoms with Gasteiger partial charge in [0.25, 0.3) is 0 Å². The lowest BCUT2D eigenvalue weighted by molar-refractivity contribution is 0.600. The van der Waals surface area contributed by atoms with Gasteiger partial charge in [0.15, 0.2) is 0 Å². The molecule has 6 heteroatoms. The zero-order valence-corrected chi connectivity index (χ0v) is 10.9. The molecular weight excluding hydrogens is 248 g/mol. The van der Waals surface area contributed by atoms with Crippen molar-refractivity contribution in [2.45, 2.75) is 20.3 Å². The molecule has 1 N–H and O–H groups in total. The topological polar surface area (TPSA) is 59.1 Å². The third-order valence-electron chi connectivity index (χ3n) is 1.90. The van der Waals surface area contributed by atoms with Crippen molar-refractivity contribution in [2.75, 3.05) is 16.4 Å². The molecule has 0 fully saturated rings. The second kappa shape index (κ2) is 5.50. The Morgan fingerprint density at radius 2 is 2.06 bits per heavy atom. The van der Waals surface area contributed by atoms with Crippen LogP contribution in [0.3, 0.4) is 0 Å². The van der Waals surface area contributed by atoms with Gasteiger partial charge < -0.3 is 0 Å². The molecule has 0 spiro atoms. The van der Waals surface area contributed by atoms with Gasteiger partial charge in [0.05, 0.1) is 5.75 Å². The molecule has 0 radical (unpaired) electrons. The average molecular weight is 263 g/mol. The molecule has 0 aliphatic rings. The molecular formula is C10H15ClN2O2S. The summed E-state index contributed by atoms with van der Waals surface area (Å²) >= 11 is 5.45. The number of anilines is 1. The SMILES string of the molecule is Cc1cc(C)nc(NS(=O)(=O)CCCCl)c1. The maximum absolute atomic E-state index is 11.6. The summed E-state index contributed by atoms with van der Waals surface area (Å²) in [6.07, 6.45) is 0.432. The second-order valence-corrected chi connectivity index (χ2v) is 5.85. The van der Waals surface area contributed by atoms with E-state index in [1.807, 2.05) is 19.9 Å². The van der Waals surface area contributed by atoms with Crippen LogP contribution in [0.4, 0.5) is 5.82 Å². The lowest BCUT2D eigenvalue weighted by Crippen LogP contribution is -2.18. The van der Waals surface area contributed by atoms with Crippen molar-refractivity contribution in [3.8, 4) is 0 Å². The van der Waals surface area contributed by atoms with E-state index in [9.17, 15) is 8.42 Å². The lowest BCUT2D eigenvalue weighted by atomic mass is 10.2. The number of rotatable bonds is 5. The number of hydrogen-bond acceptors (Lipinski definition) is 3. The molecule has 0 bridgehead atoms. The van der Waals surface area contributed by atoms with Crippen LogP contribution in [0.15, 0.2) is 12.1 Å². The first-order chi connectivity index (χ1) is 7.43. The van der Waals surface area contributed by atoms with Crippen LogP contribution in [0.5, 0.6) is 0 Å². The summed E-state index contributed by atoms with van der Waals surface area (Å²) in [6.45, 7) is 3.72. The molecule has 0 saturated heterocycles. The molecule has 1 heterocycles. The van der Waals surface area contributed by atoms with Gasteiger partial charge in [-0.05, 0) is 38.0 Å². The predicted molar refractivity (Wildman–Crippen MR) is 66.5 cm³/mol. The van der Waals surface area contributed by atoms with Crippen molar-refractivity contribution in [1.29, 1.82) is 0 Å². The van der Waals surface area contributed by atoms with E-state index in [4.69, 9.17) is 11.6 Å². The van der Waals surface area contributed by atoms with Gasteiger partial charge in [-0.15, -0.1) is 11.6 Å². The molecule has 0 atom stereocenters. The Hall–Kier alpha value is -0.810. The van der Waals surface area contributed by atoms with Crippen molar-refractivity contribution < 1.29 is 8.42 Å². The summed E-state index contributed by atoms with van der Waals surface area (Å²) < 4.78 is 25.6. The first-order valence-corrected chi connectivity index (χ1v) is 7.13. The van der Waals surface area contributed by atoms with Gasteiger partial charge in [0.2, 0.25) is 10.0 Å². The molecule has 16 heavy (non-hydrogen) atoms. The first-order valence-electron chi connectivity index (χ1n) is 4.95. The highest BCUT2D eigenvalue weighted by molar-refractivity contribution is 7.92. The van der Waals surface area contributed by atoms with E-state index in [0.29, 0.717) is 18.1 Å². The number of hydrogen-bond donors (Lipinski definition) is 1. The highest BCUT2D eigenvalue weighted by atomic mass is 35.5. The molecule has 0 amide bonds. The quantitative estimate of drug-likeness (QED) is 0.827. The Morgan fingerprint density at radius 3 is 2.62 bits per heavy atom. The summed E-state index contributed by atoms with van der Waals surface area (Å²) in [5.41, 5.74) is 1.76. The highest BCUT2D eigenvalue weighted by Gasteiger charge is 2.10. The van der Waals surface area contributed by atoms with Gasteiger partial charge >= 0.3 is 0 Å². The van der Waals surface area contributed by atoms with Crippen LogP contribution in [0.25, 0.3) is 0 Å². The monoisotopic (exact) mass is 262 g/mol. The number of pyridine rings is 1. The predicted octanol–water partition coefficient (Wildman–Crippen LogP) is 2.07. The summed E-state index contributed by atoms with van der Waals surface area (Å²) in [5, 5.41) is 0. The van der Waals surface area contributed by atoms with Crippen LogP contribution < -0.4 is 4.72 Å². The molecule has 4 nitrogen and oxygen atoms in total. The van der Waals surface area contributed by atoms with E-state index in [2.05, 4.69) is 9.71 Å². The number of nitrogens with one attached hydrogen (secondary N) is 1. The Labute approximate surface area is 101 Å². The molecule has 1 aromatic heterocycles.